The molecule has 0 spiro atoms. The first-order valence-electron chi connectivity index (χ1n) is 25.8. The van der Waals surface area contributed by atoms with Crippen LogP contribution in [-0.4, -0.2) is 121 Å². The smallest absolute Gasteiger partial charge is 0.305 e. The van der Waals surface area contributed by atoms with Gasteiger partial charge in [0.05, 0.1) is 23.9 Å². The molecule has 5 heterocycles. The second-order valence-electron chi connectivity index (χ2n) is 21.2. The summed E-state index contributed by atoms with van der Waals surface area (Å²) >= 11 is 0. The highest BCUT2D eigenvalue weighted by atomic mass is 16.7. The molecule has 24 heteroatoms. The first-order valence-corrected chi connectivity index (χ1v) is 25.8. The topological polar surface area (TPSA) is 431 Å². The van der Waals surface area contributed by atoms with E-state index in [2.05, 4.69) is 0 Å². The van der Waals surface area contributed by atoms with Gasteiger partial charge < -0.3 is 121 Å². The molecule has 5 aliphatic rings. The van der Waals surface area contributed by atoms with Crippen molar-refractivity contribution in [1.82, 2.24) is 0 Å². The zero-order valence-electron chi connectivity index (χ0n) is 42.8. The maximum atomic E-state index is 13.2. The lowest BCUT2D eigenvalue weighted by molar-refractivity contribution is -0.219. The summed E-state index contributed by atoms with van der Waals surface area (Å²) in [6.45, 7) is 0. The van der Waals surface area contributed by atoms with Crippen LogP contribution < -0.4 is 23.7 Å². The van der Waals surface area contributed by atoms with Gasteiger partial charge in [0.1, 0.15) is 93.4 Å². The highest BCUT2D eigenvalue weighted by molar-refractivity contribution is 5.74. The average Bonchev–Trinajstić information content (AvgIpc) is 0.890. The van der Waals surface area contributed by atoms with Crippen molar-refractivity contribution in [2.75, 3.05) is 0 Å². The normalized spacial score (nSPS) is 25.1. The molecule has 0 saturated carbocycles. The summed E-state index contributed by atoms with van der Waals surface area (Å²) < 4.78 is 32.9. The molecule has 0 aromatic heterocycles. The molecule has 8 aromatic carbocycles. The fourth-order valence-electron chi connectivity index (χ4n) is 12.5. The largest absolute Gasteiger partial charge is 0.508 e. The van der Waals surface area contributed by atoms with Crippen molar-refractivity contribution in [3.05, 3.63) is 164 Å². The van der Waals surface area contributed by atoms with Gasteiger partial charge in [-0.3, -0.25) is 0 Å². The van der Waals surface area contributed by atoms with Crippen molar-refractivity contribution >= 4 is 0 Å². The van der Waals surface area contributed by atoms with Crippen LogP contribution in [0.1, 0.15) is 97.3 Å². The number of aromatic hydroxyl groups is 15. The number of fused-ring (bicyclic) bond motifs is 10. The van der Waals surface area contributed by atoms with Crippen LogP contribution in [0.4, 0.5) is 0 Å². The summed E-state index contributed by atoms with van der Waals surface area (Å²) in [5.74, 6) is -20.4. The molecular formula is C60H48O24. The van der Waals surface area contributed by atoms with Crippen LogP contribution in [0.5, 0.6) is 115 Å². The molecular weight excluding hydrogens is 1100 g/mol. The summed E-state index contributed by atoms with van der Waals surface area (Å²) in [6, 6.07) is 18.2. The summed E-state index contributed by atoms with van der Waals surface area (Å²) in [4.78, 5) is 0. The molecule has 13 rings (SSSR count). The standard InChI is InChI=1S/C60H48O24/c61-23-13-34(71)42-40(14-23)80-54(20-2-6-26(63)31(68)10-20)51(77)48(42)45-36(73)17-37(74)46-50-47-41(83-60(59(50)79,84-58(45)46)22-4-8-28(65)33(70)12-22)18-38(75)44-49(52(78)55(82-57(44)47)21-3-7-27(64)32(69)11-21)43-35(72)16-29(66)24-15-39(76)53(81-56(24)43)19-1-5-25(62)30(67)9-19/h1-14,16-18,39,48-55,59,61-79H,15H2/t39-,48-,49+,50-,51-,52-,53-,54-,55-,59-,60-/m1/s1. The maximum absolute atomic E-state index is 13.2. The van der Waals surface area contributed by atoms with Gasteiger partial charge >= 0.3 is 5.79 Å². The first-order chi connectivity index (χ1) is 40.0. The summed E-state index contributed by atoms with van der Waals surface area (Å²) in [7, 11) is 0. The van der Waals surface area contributed by atoms with Gasteiger partial charge in [0.15, 0.2) is 58.2 Å². The predicted octanol–water partition coefficient (Wildman–Crippen LogP) is 5.69. The molecule has 0 unspecified atom stereocenters. The molecule has 11 atom stereocenters. The number of benzene rings is 8. The lowest BCUT2D eigenvalue weighted by Crippen LogP contribution is -2.58. The molecule has 0 amide bonds. The zero-order valence-corrected chi connectivity index (χ0v) is 42.8. The Labute approximate surface area is 471 Å². The fraction of sp³-hybridized carbons (Fsp3) is 0.200. The molecule has 0 fully saturated rings. The van der Waals surface area contributed by atoms with Crippen molar-refractivity contribution < 1.29 is 121 Å². The first kappa shape index (κ1) is 52.9. The number of aliphatic hydroxyl groups excluding tert-OH is 4. The van der Waals surface area contributed by atoms with E-state index >= 15 is 0 Å². The van der Waals surface area contributed by atoms with E-state index in [4.69, 9.17) is 23.7 Å². The number of aliphatic hydroxyl groups is 4. The van der Waals surface area contributed by atoms with Gasteiger partial charge in [0.25, 0.3) is 0 Å². The van der Waals surface area contributed by atoms with Crippen LogP contribution in [0.3, 0.4) is 0 Å². The third-order valence-corrected chi connectivity index (χ3v) is 16.4. The van der Waals surface area contributed by atoms with Crippen LogP contribution in [0.2, 0.25) is 0 Å². The van der Waals surface area contributed by atoms with E-state index in [-0.39, 0.29) is 56.0 Å². The maximum Gasteiger partial charge on any atom is 0.305 e. The summed E-state index contributed by atoms with van der Waals surface area (Å²) in [5.41, 5.74) is -2.64. The zero-order chi connectivity index (χ0) is 59.4. The van der Waals surface area contributed by atoms with E-state index in [1.165, 1.54) is 24.3 Å². The SMILES string of the molecule is Oc1cc(O)c2c(c1)O[C@H](c1ccc(O)c(O)c1)[C@H](O)[C@H]2c1c(O)cc(O)c2c1O[C@@]1(c3ccc(O)c(O)c3)Oc3cc(O)c4c(c3[C@@H]2[C@H]1O)O[C@H](c1ccc(O)c(O)c1)[C@H](O)[C@H]4c1c(O)cc(O)c2c1O[C@H](c1ccc(O)c(O)c1)[C@H](O)C2. The second-order valence-corrected chi connectivity index (χ2v) is 21.2. The van der Waals surface area contributed by atoms with E-state index in [0.29, 0.717) is 0 Å². The van der Waals surface area contributed by atoms with E-state index in [9.17, 15) is 97.0 Å². The quantitative estimate of drug-likeness (QED) is 0.0889. The van der Waals surface area contributed by atoms with Crippen molar-refractivity contribution in [2.24, 2.45) is 0 Å². The van der Waals surface area contributed by atoms with Crippen LogP contribution >= 0.6 is 0 Å². The Hall–Kier alpha value is -10.4. The molecule has 2 bridgehead atoms. The molecule has 8 aromatic rings. The second kappa shape index (κ2) is 18.6. The molecule has 0 radical (unpaired) electrons. The Morgan fingerprint density at radius 1 is 0.333 bits per heavy atom. The van der Waals surface area contributed by atoms with E-state index in [0.717, 1.165) is 78.9 Å². The third-order valence-electron chi connectivity index (χ3n) is 16.4. The van der Waals surface area contributed by atoms with Crippen molar-refractivity contribution in [1.29, 1.82) is 0 Å². The Morgan fingerprint density at radius 2 is 0.786 bits per heavy atom. The Morgan fingerprint density at radius 3 is 1.36 bits per heavy atom. The predicted molar refractivity (Wildman–Crippen MR) is 283 cm³/mol. The van der Waals surface area contributed by atoms with Gasteiger partial charge in [-0.15, -0.1) is 0 Å². The van der Waals surface area contributed by atoms with Crippen LogP contribution in [0, 0.1) is 0 Å². The van der Waals surface area contributed by atoms with Crippen LogP contribution in [-0.2, 0) is 12.2 Å². The molecule has 0 saturated heterocycles. The summed E-state index contributed by atoms with van der Waals surface area (Å²) in [5, 5.41) is 218. The van der Waals surface area contributed by atoms with Gasteiger partial charge in [0.2, 0.25) is 0 Å². The minimum absolute atomic E-state index is 0.0134. The van der Waals surface area contributed by atoms with E-state index in [1.54, 1.807) is 0 Å². The van der Waals surface area contributed by atoms with Crippen molar-refractivity contribution in [2.45, 2.75) is 72.7 Å². The highest BCUT2D eigenvalue weighted by Gasteiger charge is 2.62. The Bertz CT molecular complexity index is 4110. The van der Waals surface area contributed by atoms with Gasteiger partial charge in [-0.1, -0.05) is 18.2 Å². The number of phenols is 15. The van der Waals surface area contributed by atoms with Crippen molar-refractivity contribution in [3.63, 3.8) is 0 Å². The van der Waals surface area contributed by atoms with Gasteiger partial charge in [0, 0.05) is 81.3 Å². The molecule has 19 N–H and O–H groups in total. The van der Waals surface area contributed by atoms with Crippen LogP contribution in [0.15, 0.2) is 103 Å². The van der Waals surface area contributed by atoms with Gasteiger partial charge in [-0.05, 0) is 71.3 Å². The molecule has 84 heavy (non-hydrogen) atoms. The monoisotopic (exact) mass is 1150 g/mol. The Balaban J connectivity index is 1.09. The highest BCUT2D eigenvalue weighted by Crippen LogP contribution is 2.68. The lowest BCUT2D eigenvalue weighted by atomic mass is 9.70. The minimum atomic E-state index is -2.72. The molecule has 432 valence electrons. The number of hydrogen-bond donors (Lipinski definition) is 19. The molecule has 0 aliphatic carbocycles. The lowest BCUT2D eigenvalue weighted by Gasteiger charge is -2.52. The molecule has 24 nitrogen and oxygen atoms in total. The van der Waals surface area contributed by atoms with E-state index in [1.807, 2.05) is 0 Å². The Kier molecular flexibility index (Phi) is 11.7. The third kappa shape index (κ3) is 7.68. The number of phenolic OH excluding ortho intramolecular Hbond substituents is 15. The number of rotatable bonds is 6. The van der Waals surface area contributed by atoms with Crippen LogP contribution in [0.25, 0.3) is 0 Å². The average molecular weight is 1150 g/mol. The summed E-state index contributed by atoms with van der Waals surface area (Å²) in [6.07, 6.45) is -12.8. The molecule has 5 aliphatic heterocycles. The van der Waals surface area contributed by atoms with E-state index < -0.39 is 193 Å². The minimum Gasteiger partial charge on any atom is -0.508 e. The number of ether oxygens (including phenoxy) is 5. The van der Waals surface area contributed by atoms with Gasteiger partial charge in [-0.2, -0.15) is 0 Å². The number of hydrogen-bond acceptors (Lipinski definition) is 24. The van der Waals surface area contributed by atoms with Crippen molar-refractivity contribution in [3.8, 4) is 115 Å². The fourth-order valence-corrected chi connectivity index (χ4v) is 12.5. The van der Waals surface area contributed by atoms with Gasteiger partial charge in [-0.25, -0.2) is 0 Å².